The molecule has 1 aliphatic heterocycles. The molecule has 0 radical (unpaired) electrons. The van der Waals surface area contributed by atoms with E-state index < -0.39 is 29.7 Å². The highest BCUT2D eigenvalue weighted by Gasteiger charge is 2.37. The first-order valence-corrected chi connectivity index (χ1v) is 11.5. The third-order valence-electron chi connectivity index (χ3n) is 5.55. The second kappa shape index (κ2) is 11.1. The summed E-state index contributed by atoms with van der Waals surface area (Å²) < 4.78 is 4.96. The van der Waals surface area contributed by atoms with Crippen LogP contribution in [0.1, 0.15) is 29.3 Å². The zero-order valence-corrected chi connectivity index (χ0v) is 19.6. The van der Waals surface area contributed by atoms with Gasteiger partial charge in [-0.1, -0.05) is 42.5 Å². The summed E-state index contributed by atoms with van der Waals surface area (Å²) >= 11 is 0. The van der Waals surface area contributed by atoms with Gasteiger partial charge in [-0.2, -0.15) is 0 Å². The first-order valence-electron chi connectivity index (χ1n) is 11.5. The van der Waals surface area contributed by atoms with E-state index in [0.29, 0.717) is 22.6 Å². The maximum atomic E-state index is 13.3. The molecular formula is C28H25N3O5. The average Bonchev–Trinajstić information content (AvgIpc) is 2.89. The molecule has 36 heavy (non-hydrogen) atoms. The average molecular weight is 484 g/mol. The van der Waals surface area contributed by atoms with E-state index in [0.717, 1.165) is 5.56 Å². The highest BCUT2D eigenvalue weighted by atomic mass is 16.5. The number of nitrogens with one attached hydrogen (secondary N) is 2. The number of para-hydroxylation sites is 2. The molecule has 182 valence electrons. The van der Waals surface area contributed by atoms with Crippen molar-refractivity contribution in [1.29, 1.82) is 0 Å². The molecule has 2 N–H and O–H groups in total. The van der Waals surface area contributed by atoms with Crippen LogP contribution in [-0.4, -0.2) is 36.3 Å². The van der Waals surface area contributed by atoms with Gasteiger partial charge in [0.25, 0.3) is 5.91 Å². The van der Waals surface area contributed by atoms with Crippen molar-refractivity contribution in [1.82, 2.24) is 0 Å². The number of benzene rings is 3. The first kappa shape index (κ1) is 24.4. The van der Waals surface area contributed by atoms with Gasteiger partial charge in [0.1, 0.15) is 6.04 Å². The molecule has 0 bridgehead atoms. The quantitative estimate of drug-likeness (QED) is 0.386. The third-order valence-corrected chi connectivity index (χ3v) is 5.55. The second-order valence-corrected chi connectivity index (χ2v) is 8.02. The maximum absolute atomic E-state index is 13.3. The van der Waals surface area contributed by atoms with Crippen LogP contribution >= 0.6 is 0 Å². The molecule has 0 aromatic heterocycles. The van der Waals surface area contributed by atoms with Gasteiger partial charge >= 0.3 is 5.97 Å². The van der Waals surface area contributed by atoms with Crippen molar-refractivity contribution < 1.29 is 23.9 Å². The van der Waals surface area contributed by atoms with Gasteiger partial charge in [-0.25, -0.2) is 4.79 Å². The number of esters is 1. The lowest BCUT2D eigenvalue weighted by Gasteiger charge is -2.35. The van der Waals surface area contributed by atoms with Crippen molar-refractivity contribution in [2.75, 3.05) is 22.1 Å². The van der Waals surface area contributed by atoms with E-state index in [1.54, 1.807) is 61.5 Å². The van der Waals surface area contributed by atoms with E-state index in [1.165, 1.54) is 11.0 Å². The van der Waals surface area contributed by atoms with Crippen molar-refractivity contribution in [2.45, 2.75) is 19.4 Å². The molecule has 0 saturated carbocycles. The molecule has 4 rings (SSSR count). The maximum Gasteiger partial charge on any atom is 0.338 e. The Balaban J connectivity index is 1.53. The number of fused-ring (bicyclic) bond motifs is 1. The Morgan fingerprint density at radius 1 is 0.972 bits per heavy atom. The normalized spacial score (nSPS) is 14.6. The van der Waals surface area contributed by atoms with Crippen LogP contribution in [0.3, 0.4) is 0 Å². The lowest BCUT2D eigenvalue weighted by atomic mass is 10.0. The standard InChI is InChI=1S/C28H25N3O5/c1-2-36-28(35)20-13-15-21(16-14-20)29-25(32)18-24-27(34)30-22-10-6-7-11-23(22)31(24)26(33)17-12-19-8-4-3-5-9-19/h3-17,24H,2,18H2,1H3,(H,29,32)(H,30,34)/b17-12+/t24-/m1/s1. The van der Waals surface area contributed by atoms with Crippen molar-refractivity contribution in [3.63, 3.8) is 0 Å². The van der Waals surface area contributed by atoms with Gasteiger partial charge in [0, 0.05) is 11.8 Å². The van der Waals surface area contributed by atoms with Crippen LogP contribution in [0, 0.1) is 0 Å². The number of nitrogens with zero attached hydrogens (tertiary/aromatic N) is 1. The molecule has 0 saturated heterocycles. The molecule has 1 heterocycles. The number of hydrogen-bond acceptors (Lipinski definition) is 5. The Kier molecular flexibility index (Phi) is 7.55. The van der Waals surface area contributed by atoms with E-state index in [9.17, 15) is 19.2 Å². The fourth-order valence-corrected chi connectivity index (χ4v) is 3.85. The number of carbonyl (C=O) groups excluding carboxylic acids is 4. The van der Waals surface area contributed by atoms with Crippen LogP contribution in [0.15, 0.2) is 84.9 Å². The van der Waals surface area contributed by atoms with Gasteiger partial charge in [-0.05, 0) is 55.0 Å². The molecule has 0 unspecified atom stereocenters. The Hall–Kier alpha value is -4.72. The predicted molar refractivity (Wildman–Crippen MR) is 137 cm³/mol. The number of ether oxygens (including phenoxy) is 1. The first-order chi connectivity index (χ1) is 17.5. The SMILES string of the molecule is CCOC(=O)c1ccc(NC(=O)C[C@@H]2C(=O)Nc3ccccc3N2C(=O)/C=C/c2ccccc2)cc1. The fraction of sp³-hybridized carbons (Fsp3) is 0.143. The Morgan fingerprint density at radius 2 is 1.67 bits per heavy atom. The molecule has 3 aromatic carbocycles. The van der Waals surface area contributed by atoms with E-state index in [-0.39, 0.29) is 13.0 Å². The minimum absolute atomic E-state index is 0.259. The van der Waals surface area contributed by atoms with Crippen LogP contribution in [0.2, 0.25) is 0 Å². The Bertz CT molecular complexity index is 1300. The Labute approximate surface area is 208 Å². The van der Waals surface area contributed by atoms with Gasteiger partial charge in [0.2, 0.25) is 11.8 Å². The largest absolute Gasteiger partial charge is 0.462 e. The molecule has 0 fully saturated rings. The molecule has 8 heteroatoms. The summed E-state index contributed by atoms with van der Waals surface area (Å²) in [5.74, 6) is -1.78. The van der Waals surface area contributed by atoms with Crippen LogP contribution in [0.25, 0.3) is 6.08 Å². The van der Waals surface area contributed by atoms with E-state index in [4.69, 9.17) is 4.74 Å². The van der Waals surface area contributed by atoms with Crippen LogP contribution in [0.5, 0.6) is 0 Å². The topological polar surface area (TPSA) is 105 Å². The summed E-state index contributed by atoms with van der Waals surface area (Å²) in [7, 11) is 0. The molecule has 3 aromatic rings. The summed E-state index contributed by atoms with van der Waals surface area (Å²) in [4.78, 5) is 52.3. The van der Waals surface area contributed by atoms with Crippen molar-refractivity contribution >= 4 is 46.8 Å². The summed E-state index contributed by atoms with van der Waals surface area (Å²) in [6.45, 7) is 1.98. The van der Waals surface area contributed by atoms with Gasteiger partial charge in [0.15, 0.2) is 0 Å². The molecular weight excluding hydrogens is 458 g/mol. The number of carbonyl (C=O) groups is 4. The van der Waals surface area contributed by atoms with Crippen molar-refractivity contribution in [3.8, 4) is 0 Å². The highest BCUT2D eigenvalue weighted by Crippen LogP contribution is 2.33. The smallest absolute Gasteiger partial charge is 0.338 e. The monoisotopic (exact) mass is 483 g/mol. The highest BCUT2D eigenvalue weighted by molar-refractivity contribution is 6.16. The van der Waals surface area contributed by atoms with E-state index in [1.807, 2.05) is 30.3 Å². The summed E-state index contributed by atoms with van der Waals surface area (Å²) in [6.07, 6.45) is 2.80. The number of rotatable bonds is 7. The molecule has 3 amide bonds. The van der Waals surface area contributed by atoms with Gasteiger partial charge < -0.3 is 15.4 Å². The zero-order valence-electron chi connectivity index (χ0n) is 19.6. The van der Waals surface area contributed by atoms with Gasteiger partial charge in [-0.15, -0.1) is 0 Å². The second-order valence-electron chi connectivity index (χ2n) is 8.02. The number of amides is 3. The molecule has 0 aliphatic carbocycles. The minimum Gasteiger partial charge on any atom is -0.462 e. The predicted octanol–water partition coefficient (Wildman–Crippen LogP) is 4.26. The van der Waals surface area contributed by atoms with Crippen LogP contribution < -0.4 is 15.5 Å². The number of anilines is 3. The van der Waals surface area contributed by atoms with Crippen LogP contribution in [0.4, 0.5) is 17.1 Å². The summed E-state index contributed by atoms with van der Waals surface area (Å²) in [6, 6.07) is 21.5. The number of hydrogen-bond donors (Lipinski definition) is 2. The third kappa shape index (κ3) is 5.67. The van der Waals surface area contributed by atoms with Gasteiger partial charge in [-0.3, -0.25) is 19.3 Å². The molecule has 1 aliphatic rings. The minimum atomic E-state index is -1.05. The lowest BCUT2D eigenvalue weighted by molar-refractivity contribution is -0.124. The summed E-state index contributed by atoms with van der Waals surface area (Å²) in [5, 5.41) is 5.50. The molecule has 1 atom stereocenters. The van der Waals surface area contributed by atoms with E-state index >= 15 is 0 Å². The zero-order chi connectivity index (χ0) is 25.5. The van der Waals surface area contributed by atoms with E-state index in [2.05, 4.69) is 10.6 Å². The molecule has 8 nitrogen and oxygen atoms in total. The van der Waals surface area contributed by atoms with Crippen molar-refractivity contribution in [2.24, 2.45) is 0 Å². The summed E-state index contributed by atoms with van der Waals surface area (Å²) in [5.41, 5.74) is 2.65. The Morgan fingerprint density at radius 3 is 2.39 bits per heavy atom. The lowest BCUT2D eigenvalue weighted by Crippen LogP contribution is -2.52. The fourth-order valence-electron chi connectivity index (χ4n) is 3.85. The van der Waals surface area contributed by atoms with Crippen LogP contribution in [-0.2, 0) is 19.1 Å². The van der Waals surface area contributed by atoms with Gasteiger partial charge in [0.05, 0.1) is 30.0 Å². The van der Waals surface area contributed by atoms with Crippen molar-refractivity contribution in [3.05, 3.63) is 96.1 Å². The molecule has 0 spiro atoms.